The van der Waals surface area contributed by atoms with Crippen molar-refractivity contribution >= 4 is 35.1 Å². The molecule has 251 valence electrons. The van der Waals surface area contributed by atoms with Gasteiger partial charge in [0.2, 0.25) is 0 Å². The monoisotopic (exact) mass is 769 g/mol. The normalized spacial score (nSPS) is 18.0. The van der Waals surface area contributed by atoms with Crippen LogP contribution in [0.5, 0.6) is 0 Å². The third-order valence-electron chi connectivity index (χ3n) is 11.3. The van der Waals surface area contributed by atoms with Gasteiger partial charge in [0.25, 0.3) is 0 Å². The predicted molar refractivity (Wildman–Crippen MR) is 214 cm³/mol. The molecule has 0 aliphatic heterocycles. The maximum absolute atomic E-state index is 8.64. The first kappa shape index (κ1) is 35.9. The summed E-state index contributed by atoms with van der Waals surface area (Å²) in [7, 11) is 17.3. The molecule has 2 aliphatic carbocycles. The Bertz CT molecular complexity index is 1820. The van der Waals surface area contributed by atoms with Gasteiger partial charge in [-0.25, -0.2) is 0 Å². The Morgan fingerprint density at radius 1 is 0.562 bits per heavy atom. The van der Waals surface area contributed by atoms with Crippen molar-refractivity contribution in [3.63, 3.8) is 0 Å². The van der Waals surface area contributed by atoms with Gasteiger partial charge in [-0.3, -0.25) is 0 Å². The molecular formula is C44H53Cl2SiZr. The van der Waals surface area contributed by atoms with Crippen LogP contribution in [-0.4, -0.2) is 5.92 Å². The molecule has 0 saturated heterocycles. The van der Waals surface area contributed by atoms with Gasteiger partial charge in [0.05, 0.1) is 0 Å². The van der Waals surface area contributed by atoms with Gasteiger partial charge in [-0.1, -0.05) is 0 Å². The van der Waals surface area contributed by atoms with Crippen molar-refractivity contribution in [3.8, 4) is 22.3 Å². The van der Waals surface area contributed by atoms with Crippen molar-refractivity contribution < 1.29 is 15.6 Å². The quantitative estimate of drug-likeness (QED) is 0.149. The van der Waals surface area contributed by atoms with Crippen LogP contribution in [0.2, 0.25) is 13.1 Å². The summed E-state index contributed by atoms with van der Waals surface area (Å²) in [6.45, 7) is 23.0. The Labute approximate surface area is 299 Å². The van der Waals surface area contributed by atoms with Crippen LogP contribution in [0.25, 0.3) is 34.4 Å². The number of aryl methyl sites for hydroxylation is 6. The maximum atomic E-state index is 8.64. The van der Waals surface area contributed by atoms with Gasteiger partial charge in [-0.2, -0.15) is 0 Å². The van der Waals surface area contributed by atoms with E-state index in [9.17, 15) is 0 Å². The van der Waals surface area contributed by atoms with Crippen LogP contribution in [-0.2, 0) is 28.4 Å². The van der Waals surface area contributed by atoms with E-state index in [0.29, 0.717) is 0 Å². The number of fused-ring (bicyclic) bond motifs is 2. The van der Waals surface area contributed by atoms with Crippen molar-refractivity contribution in [1.29, 1.82) is 0 Å². The summed E-state index contributed by atoms with van der Waals surface area (Å²) in [5.74, 6) is -1.62. The van der Waals surface area contributed by atoms with E-state index in [1.165, 1.54) is 89.0 Å². The molecule has 0 radical (unpaired) electrons. The number of allylic oxidation sites excluding steroid dienone is 2. The zero-order valence-corrected chi connectivity index (χ0v) is 35.9. The first-order valence-electron chi connectivity index (χ1n) is 18.1. The fourth-order valence-electron chi connectivity index (χ4n) is 9.46. The molecule has 0 nitrogen and oxygen atoms in total. The Hall–Kier alpha value is -1.96. The predicted octanol–water partition coefficient (Wildman–Crippen LogP) is 13.8. The van der Waals surface area contributed by atoms with Crippen LogP contribution in [0.1, 0.15) is 103 Å². The molecule has 6 rings (SSSR count). The van der Waals surface area contributed by atoms with Crippen LogP contribution in [0.4, 0.5) is 0 Å². The number of halogens is 2. The van der Waals surface area contributed by atoms with Gasteiger partial charge in [-0.05, 0) is 0 Å². The van der Waals surface area contributed by atoms with E-state index >= 15 is 0 Å². The van der Waals surface area contributed by atoms with Gasteiger partial charge in [-0.15, -0.1) is 0 Å². The summed E-state index contributed by atoms with van der Waals surface area (Å²) in [4.78, 5) is 0. The third-order valence-corrected chi connectivity index (χ3v) is 63.5. The molecule has 0 amide bonds. The van der Waals surface area contributed by atoms with Crippen molar-refractivity contribution in [2.24, 2.45) is 0 Å². The van der Waals surface area contributed by atoms with Crippen molar-refractivity contribution in [3.05, 3.63) is 127 Å². The number of hydrogen-bond donors (Lipinski definition) is 0. The van der Waals surface area contributed by atoms with Gasteiger partial charge in [0.1, 0.15) is 0 Å². The summed E-state index contributed by atoms with van der Waals surface area (Å²) in [5.41, 5.74) is 21.7. The molecule has 48 heavy (non-hydrogen) atoms. The van der Waals surface area contributed by atoms with Crippen molar-refractivity contribution in [2.75, 3.05) is 0 Å². The van der Waals surface area contributed by atoms with Crippen LogP contribution in [0.3, 0.4) is 0 Å². The topological polar surface area (TPSA) is 0 Å². The molecule has 4 heteroatoms. The molecule has 2 unspecified atom stereocenters. The standard InChI is InChI=1S/2C21H23.C2H7Si.2ClH.Zr/c2*1-5-6-17-7-8-18-10-16(4)13-20(18)21(17)19-11-14(2)9-15(3)12-19;1-3-2;;;/h2*7-13H,5-6H2,1-4H3;3H,1-2H3;2*1H;/q;;;;;+2/p-2. The van der Waals surface area contributed by atoms with Crippen molar-refractivity contribution in [1.82, 2.24) is 0 Å². The average Bonchev–Trinajstić information content (AvgIpc) is 3.52. The Morgan fingerprint density at radius 2 is 0.917 bits per heavy atom. The minimum atomic E-state index is -4.80. The average molecular weight is 772 g/mol. The molecule has 2 aliphatic rings. The number of hydrogen-bond acceptors (Lipinski definition) is 0. The van der Waals surface area contributed by atoms with Crippen LogP contribution >= 0.6 is 17.0 Å². The first-order valence-corrected chi connectivity index (χ1v) is 34.4. The minimum absolute atomic E-state index is 0.0936. The van der Waals surface area contributed by atoms with E-state index in [1.54, 1.807) is 0 Å². The van der Waals surface area contributed by atoms with E-state index < -0.39 is 21.5 Å². The number of rotatable bonds is 9. The van der Waals surface area contributed by atoms with E-state index in [0.717, 1.165) is 25.7 Å². The molecule has 0 N–H and O–H groups in total. The fourth-order valence-corrected chi connectivity index (χ4v) is 42.4. The SMILES string of the molecule is CCCc1ccc2c(c1-c1cc(C)cc(C)c1)C=C(C)[CH]2[Zr]([Cl])([Cl])([CH]1C(C)=Cc2c1ccc(CCC)c2-c1cc(C)cc(C)c1)[SiH](C)C. The second kappa shape index (κ2) is 13.3. The Kier molecular flexibility index (Phi) is 9.93. The second-order valence-electron chi connectivity index (χ2n) is 15.5. The third kappa shape index (κ3) is 5.86. The molecule has 0 aromatic heterocycles. The molecular weight excluding hydrogens is 719 g/mol. The summed E-state index contributed by atoms with van der Waals surface area (Å²) >= 11 is -4.80. The molecule has 2 atom stereocenters. The van der Waals surface area contributed by atoms with E-state index in [-0.39, 0.29) is 7.25 Å². The number of benzene rings is 4. The molecule has 4 aromatic rings. The Morgan fingerprint density at radius 3 is 1.23 bits per heavy atom. The summed E-state index contributed by atoms with van der Waals surface area (Å²) in [5, 5.41) is 0. The van der Waals surface area contributed by atoms with E-state index in [4.69, 9.17) is 17.0 Å². The molecule has 0 fully saturated rings. The molecule has 0 bridgehead atoms. The zero-order chi connectivity index (χ0) is 34.7. The van der Waals surface area contributed by atoms with Crippen LogP contribution in [0.15, 0.2) is 71.8 Å². The van der Waals surface area contributed by atoms with Crippen molar-refractivity contribution in [2.45, 2.75) is 101 Å². The summed E-state index contributed by atoms with van der Waals surface area (Å²) in [6.07, 6.45) is 9.29. The molecule has 0 spiro atoms. The van der Waals surface area contributed by atoms with E-state index in [2.05, 4.69) is 141 Å². The van der Waals surface area contributed by atoms with Gasteiger partial charge in [0.15, 0.2) is 0 Å². The van der Waals surface area contributed by atoms with E-state index in [1.807, 2.05) is 0 Å². The Balaban J connectivity index is 1.60. The second-order valence-corrected chi connectivity index (χ2v) is 58.0. The van der Waals surface area contributed by atoms with Crippen LogP contribution in [0, 0.1) is 27.7 Å². The van der Waals surface area contributed by atoms with Crippen LogP contribution < -0.4 is 0 Å². The molecule has 4 aromatic carbocycles. The first-order chi connectivity index (χ1) is 22.7. The van der Waals surface area contributed by atoms with Gasteiger partial charge < -0.3 is 0 Å². The van der Waals surface area contributed by atoms with Gasteiger partial charge >= 0.3 is 302 Å². The summed E-state index contributed by atoms with van der Waals surface area (Å²) in [6, 6.07) is 23.7. The van der Waals surface area contributed by atoms with Gasteiger partial charge in [0, 0.05) is 0 Å². The fraction of sp³-hybridized carbons (Fsp3) is 0.364. The molecule has 0 saturated carbocycles. The summed E-state index contributed by atoms with van der Waals surface area (Å²) < 4.78 is 0.187. The zero-order valence-electron chi connectivity index (χ0n) is 30.7. The molecule has 0 heterocycles.